The normalized spacial score (nSPS) is 14.8. The maximum atomic E-state index is 12.7. The molecule has 2 aromatic heterocycles. The SMILES string of the molecule is CCn1c(SCC(=O)c2cc(C)n(CC(F)(F)F)c2C)nnc1C1CC1. The number of Topliss-reactive ketones (excluding diaryl/α,β-unsaturated/α-hetero) is 1. The Hall–Kier alpha value is -1.77. The lowest BCUT2D eigenvalue weighted by atomic mass is 10.2. The number of hydrogen-bond donors (Lipinski definition) is 0. The van der Waals surface area contributed by atoms with Gasteiger partial charge in [0.05, 0.1) is 5.75 Å². The molecule has 0 unspecified atom stereocenters. The number of carbonyl (C=O) groups is 1. The van der Waals surface area contributed by atoms with Crippen molar-refractivity contribution in [2.24, 2.45) is 0 Å². The largest absolute Gasteiger partial charge is 0.406 e. The van der Waals surface area contributed by atoms with E-state index in [4.69, 9.17) is 0 Å². The zero-order valence-electron chi connectivity index (χ0n) is 14.9. The lowest BCUT2D eigenvalue weighted by Crippen LogP contribution is -2.19. The van der Waals surface area contributed by atoms with Crippen LogP contribution in [0.3, 0.4) is 0 Å². The Morgan fingerprint density at radius 2 is 1.96 bits per heavy atom. The van der Waals surface area contributed by atoms with E-state index in [-0.39, 0.29) is 11.5 Å². The van der Waals surface area contributed by atoms with Crippen LogP contribution < -0.4 is 0 Å². The molecule has 1 aliphatic carbocycles. The Balaban J connectivity index is 1.72. The van der Waals surface area contributed by atoms with E-state index in [1.54, 1.807) is 13.8 Å². The highest BCUT2D eigenvalue weighted by Crippen LogP contribution is 2.40. The Bertz CT molecular complexity index is 821. The van der Waals surface area contributed by atoms with Crippen molar-refractivity contribution in [2.75, 3.05) is 5.75 Å². The summed E-state index contributed by atoms with van der Waals surface area (Å²) in [6.45, 7) is 4.79. The van der Waals surface area contributed by atoms with Gasteiger partial charge in [-0.1, -0.05) is 11.8 Å². The summed E-state index contributed by atoms with van der Waals surface area (Å²) in [5, 5.41) is 9.09. The molecule has 0 saturated heterocycles. The van der Waals surface area contributed by atoms with E-state index >= 15 is 0 Å². The van der Waals surface area contributed by atoms with E-state index in [0.29, 0.717) is 28.0 Å². The Labute approximate surface area is 154 Å². The maximum absolute atomic E-state index is 12.7. The molecule has 2 heterocycles. The molecule has 26 heavy (non-hydrogen) atoms. The number of nitrogens with zero attached hydrogens (tertiary/aromatic N) is 4. The van der Waals surface area contributed by atoms with Crippen LogP contribution in [-0.4, -0.2) is 37.0 Å². The lowest BCUT2D eigenvalue weighted by Gasteiger charge is -2.12. The Kier molecular flexibility index (Phi) is 5.18. The van der Waals surface area contributed by atoms with Gasteiger partial charge in [0.25, 0.3) is 0 Å². The predicted octanol–water partition coefficient (Wildman–Crippen LogP) is 4.13. The molecule has 0 N–H and O–H groups in total. The minimum Gasteiger partial charge on any atom is -0.339 e. The van der Waals surface area contributed by atoms with Crippen molar-refractivity contribution in [1.82, 2.24) is 19.3 Å². The number of rotatable bonds is 7. The number of carbonyl (C=O) groups excluding carboxylic acids is 1. The van der Waals surface area contributed by atoms with E-state index in [0.717, 1.165) is 29.8 Å². The van der Waals surface area contributed by atoms with Gasteiger partial charge in [0.2, 0.25) is 0 Å². The summed E-state index contributed by atoms with van der Waals surface area (Å²) < 4.78 is 41.3. The van der Waals surface area contributed by atoms with Gasteiger partial charge >= 0.3 is 6.18 Å². The first kappa shape index (κ1) is 19.0. The first-order chi connectivity index (χ1) is 12.2. The van der Waals surface area contributed by atoms with Crippen molar-refractivity contribution in [3.8, 4) is 0 Å². The van der Waals surface area contributed by atoms with Crippen LogP contribution in [0.4, 0.5) is 13.2 Å². The van der Waals surface area contributed by atoms with Crippen molar-refractivity contribution < 1.29 is 18.0 Å². The molecule has 0 spiro atoms. The van der Waals surface area contributed by atoms with Crippen molar-refractivity contribution in [1.29, 1.82) is 0 Å². The third kappa shape index (κ3) is 3.97. The molecule has 3 rings (SSSR count). The average Bonchev–Trinajstić information content (AvgIpc) is 3.27. The summed E-state index contributed by atoms with van der Waals surface area (Å²) in [6.07, 6.45) is -2.08. The molecule has 2 aromatic rings. The molecule has 0 aliphatic heterocycles. The second-order valence-corrected chi connectivity index (χ2v) is 7.50. The molecule has 0 atom stereocenters. The smallest absolute Gasteiger partial charge is 0.339 e. The third-order valence-corrected chi connectivity index (χ3v) is 5.51. The monoisotopic (exact) mass is 386 g/mol. The number of hydrogen-bond acceptors (Lipinski definition) is 4. The highest BCUT2D eigenvalue weighted by molar-refractivity contribution is 7.99. The molecule has 0 amide bonds. The molecule has 1 saturated carbocycles. The zero-order chi connectivity index (χ0) is 19.1. The minimum absolute atomic E-state index is 0.124. The van der Waals surface area contributed by atoms with Gasteiger partial charge in [0.1, 0.15) is 12.4 Å². The van der Waals surface area contributed by atoms with Crippen LogP contribution in [0.1, 0.15) is 53.3 Å². The van der Waals surface area contributed by atoms with E-state index in [1.165, 1.54) is 17.8 Å². The Morgan fingerprint density at radius 1 is 1.27 bits per heavy atom. The first-order valence-electron chi connectivity index (χ1n) is 8.53. The van der Waals surface area contributed by atoms with Gasteiger partial charge in [0, 0.05) is 29.4 Å². The predicted molar refractivity (Wildman–Crippen MR) is 92.7 cm³/mol. The minimum atomic E-state index is -4.32. The van der Waals surface area contributed by atoms with Gasteiger partial charge in [-0.05, 0) is 39.7 Å². The quantitative estimate of drug-likeness (QED) is 0.530. The summed E-state index contributed by atoms with van der Waals surface area (Å²) in [7, 11) is 0. The summed E-state index contributed by atoms with van der Waals surface area (Å²) in [6, 6.07) is 1.53. The van der Waals surface area contributed by atoms with Gasteiger partial charge in [-0.15, -0.1) is 10.2 Å². The topological polar surface area (TPSA) is 52.7 Å². The molecule has 1 aliphatic rings. The molecule has 5 nitrogen and oxygen atoms in total. The molecule has 0 bridgehead atoms. The van der Waals surface area contributed by atoms with Crippen LogP contribution in [-0.2, 0) is 13.1 Å². The lowest BCUT2D eigenvalue weighted by molar-refractivity contribution is -0.141. The van der Waals surface area contributed by atoms with Crippen LogP contribution >= 0.6 is 11.8 Å². The third-order valence-electron chi connectivity index (χ3n) is 4.55. The number of ketones is 1. The summed E-state index contributed by atoms with van der Waals surface area (Å²) >= 11 is 1.29. The van der Waals surface area contributed by atoms with Crippen LogP contribution in [0.25, 0.3) is 0 Å². The zero-order valence-corrected chi connectivity index (χ0v) is 15.7. The van der Waals surface area contributed by atoms with E-state index < -0.39 is 12.7 Å². The molecule has 0 aromatic carbocycles. The summed E-state index contributed by atoms with van der Waals surface area (Å²) in [4.78, 5) is 12.5. The number of alkyl halides is 3. The van der Waals surface area contributed by atoms with Crippen molar-refractivity contribution >= 4 is 17.5 Å². The Morgan fingerprint density at radius 3 is 2.54 bits per heavy atom. The fourth-order valence-electron chi connectivity index (χ4n) is 3.06. The molecule has 142 valence electrons. The number of aromatic nitrogens is 4. The van der Waals surface area contributed by atoms with Crippen molar-refractivity contribution in [3.05, 3.63) is 28.8 Å². The molecular weight excluding hydrogens is 365 g/mol. The summed E-state index contributed by atoms with van der Waals surface area (Å²) in [5.41, 5.74) is 1.12. The van der Waals surface area contributed by atoms with Crippen molar-refractivity contribution in [3.63, 3.8) is 0 Å². The molecule has 0 radical (unpaired) electrons. The maximum Gasteiger partial charge on any atom is 0.406 e. The van der Waals surface area contributed by atoms with Crippen LogP contribution in [0.15, 0.2) is 11.2 Å². The van der Waals surface area contributed by atoms with E-state index in [1.807, 2.05) is 11.5 Å². The van der Waals surface area contributed by atoms with Gasteiger partial charge in [-0.25, -0.2) is 0 Å². The van der Waals surface area contributed by atoms with E-state index in [2.05, 4.69) is 10.2 Å². The van der Waals surface area contributed by atoms with Crippen LogP contribution in [0.5, 0.6) is 0 Å². The van der Waals surface area contributed by atoms with Gasteiger partial charge < -0.3 is 9.13 Å². The highest BCUT2D eigenvalue weighted by atomic mass is 32.2. The van der Waals surface area contributed by atoms with Crippen LogP contribution in [0, 0.1) is 13.8 Å². The van der Waals surface area contributed by atoms with Gasteiger partial charge in [-0.2, -0.15) is 13.2 Å². The fourth-order valence-corrected chi connectivity index (χ4v) is 3.95. The number of aryl methyl sites for hydroxylation is 1. The second kappa shape index (κ2) is 7.09. The molecule has 9 heteroatoms. The van der Waals surface area contributed by atoms with Crippen LogP contribution in [0.2, 0.25) is 0 Å². The van der Waals surface area contributed by atoms with Gasteiger partial charge in [0.15, 0.2) is 10.9 Å². The van der Waals surface area contributed by atoms with Crippen molar-refractivity contribution in [2.45, 2.75) is 64.0 Å². The fraction of sp³-hybridized carbons (Fsp3) is 0.588. The van der Waals surface area contributed by atoms with Gasteiger partial charge in [-0.3, -0.25) is 4.79 Å². The van der Waals surface area contributed by atoms with E-state index in [9.17, 15) is 18.0 Å². The second-order valence-electron chi connectivity index (χ2n) is 6.56. The first-order valence-corrected chi connectivity index (χ1v) is 9.52. The average molecular weight is 386 g/mol. The molecular formula is C17H21F3N4OS. The standard InChI is InChI=1S/C17H21F3N4OS/c1-4-23-15(12-5-6-12)21-22-16(23)26-8-14(25)13-7-10(2)24(11(13)3)9-17(18,19)20/h7,12H,4-6,8-9H2,1-3H3. The molecule has 1 fully saturated rings. The summed E-state index contributed by atoms with van der Waals surface area (Å²) in [5.74, 6) is 1.36. The highest BCUT2D eigenvalue weighted by Gasteiger charge is 2.31. The number of halogens is 3. The number of thioether (sulfide) groups is 1.